The summed E-state index contributed by atoms with van der Waals surface area (Å²) in [5.74, 6) is -1.73. The maximum absolute atomic E-state index is 14.8. The second kappa shape index (κ2) is 8.69. The Hall–Kier alpha value is -2.08. The Kier molecular flexibility index (Phi) is 6.67. The van der Waals surface area contributed by atoms with Crippen LogP contribution in [0.3, 0.4) is 0 Å². The molecule has 0 bridgehead atoms. The Morgan fingerprint density at radius 3 is 2.56 bits per heavy atom. The van der Waals surface area contributed by atoms with E-state index in [9.17, 15) is 22.4 Å². The van der Waals surface area contributed by atoms with E-state index in [1.807, 2.05) is 0 Å². The molecule has 3 rings (SSSR count). The van der Waals surface area contributed by atoms with E-state index in [-0.39, 0.29) is 34.6 Å². The molecule has 1 aliphatic rings. The molecule has 0 unspecified atom stereocenters. The molecule has 1 aliphatic heterocycles. The lowest BCUT2D eigenvalue weighted by molar-refractivity contribution is -0.274. The van der Waals surface area contributed by atoms with E-state index in [1.54, 1.807) is 32.7 Å². The number of fused-ring (bicyclic) bond motifs is 1. The van der Waals surface area contributed by atoms with Gasteiger partial charge >= 0.3 is 12.5 Å². The number of halogens is 6. The van der Waals surface area contributed by atoms with Crippen LogP contribution >= 0.6 is 27.5 Å². The quantitative estimate of drug-likeness (QED) is 0.375. The summed E-state index contributed by atoms with van der Waals surface area (Å²) in [6.45, 7) is 5.95. The SMILES string of the molecule is CN(c1nc(Cl)nc2c(F)c(Br)c(OC(F)(F)F)cc12)[C@@H]1CCN(C(=O)OC(C)(C)C)C1. The van der Waals surface area contributed by atoms with E-state index >= 15 is 0 Å². The highest BCUT2D eigenvalue weighted by molar-refractivity contribution is 9.10. The summed E-state index contributed by atoms with van der Waals surface area (Å²) >= 11 is 8.75. The number of alkyl halides is 3. The van der Waals surface area contributed by atoms with Gasteiger partial charge in [0.05, 0.1) is 4.47 Å². The Morgan fingerprint density at radius 1 is 1.31 bits per heavy atom. The summed E-state index contributed by atoms with van der Waals surface area (Å²) in [6.07, 6.45) is -4.97. The number of anilines is 1. The van der Waals surface area contributed by atoms with Crippen molar-refractivity contribution in [3.63, 3.8) is 0 Å². The van der Waals surface area contributed by atoms with E-state index in [1.165, 1.54) is 4.90 Å². The molecule has 1 saturated heterocycles. The molecule has 1 atom stereocenters. The average Bonchev–Trinajstić information content (AvgIpc) is 3.13. The predicted molar refractivity (Wildman–Crippen MR) is 114 cm³/mol. The molecule has 2 heterocycles. The first-order valence-corrected chi connectivity index (χ1v) is 10.6. The molecule has 13 heteroatoms. The molecule has 0 aliphatic carbocycles. The van der Waals surface area contributed by atoms with Crippen LogP contribution < -0.4 is 9.64 Å². The van der Waals surface area contributed by atoms with Gasteiger partial charge in [-0.3, -0.25) is 0 Å². The van der Waals surface area contributed by atoms with Crippen LogP contribution in [0.25, 0.3) is 10.9 Å². The van der Waals surface area contributed by atoms with Gasteiger partial charge in [-0.15, -0.1) is 13.2 Å². The largest absolute Gasteiger partial charge is 0.573 e. The maximum atomic E-state index is 14.8. The minimum absolute atomic E-state index is 0.0208. The number of likely N-dealkylation sites (N-methyl/N-ethyl adjacent to an activating group) is 1. The van der Waals surface area contributed by atoms with E-state index in [0.29, 0.717) is 13.0 Å². The molecule has 1 aromatic carbocycles. The fourth-order valence-electron chi connectivity index (χ4n) is 3.33. The molecular weight excluding hydrogens is 524 g/mol. The van der Waals surface area contributed by atoms with Gasteiger partial charge in [-0.2, -0.15) is 4.98 Å². The maximum Gasteiger partial charge on any atom is 0.573 e. The van der Waals surface area contributed by atoms with Crippen LogP contribution in [0.1, 0.15) is 27.2 Å². The zero-order valence-electron chi connectivity index (χ0n) is 17.6. The third-order valence-corrected chi connectivity index (χ3v) is 5.62. The third-order valence-electron chi connectivity index (χ3n) is 4.71. The summed E-state index contributed by atoms with van der Waals surface area (Å²) < 4.78 is 62.0. The van der Waals surface area contributed by atoms with E-state index < -0.39 is 34.1 Å². The monoisotopic (exact) mass is 542 g/mol. The third kappa shape index (κ3) is 5.45. The lowest BCUT2D eigenvalue weighted by Crippen LogP contribution is -2.39. The second-order valence-corrected chi connectivity index (χ2v) is 9.37. The van der Waals surface area contributed by atoms with E-state index in [4.69, 9.17) is 16.3 Å². The van der Waals surface area contributed by atoms with Crippen LogP contribution in [0.5, 0.6) is 5.75 Å². The molecule has 0 N–H and O–H groups in total. The van der Waals surface area contributed by atoms with Gasteiger partial charge in [0.25, 0.3) is 0 Å². The van der Waals surface area contributed by atoms with Crippen LogP contribution in [-0.2, 0) is 4.74 Å². The van der Waals surface area contributed by atoms with Gasteiger partial charge in [-0.05, 0) is 60.8 Å². The zero-order valence-corrected chi connectivity index (χ0v) is 19.9. The standard InChI is InChI=1S/C19H20BrClF4N4O3/c1-18(2,3)32-17(30)29-6-5-9(8-29)28(4)15-10-7-11(31-19(23,24)25)12(20)13(22)14(10)26-16(21)27-15/h7,9H,5-6,8H2,1-4H3/t9-/m1/s1. The lowest BCUT2D eigenvalue weighted by atomic mass is 10.1. The molecule has 1 fully saturated rings. The summed E-state index contributed by atoms with van der Waals surface area (Å²) in [4.78, 5) is 23.4. The van der Waals surface area contributed by atoms with E-state index in [2.05, 4.69) is 30.6 Å². The summed E-state index contributed by atoms with van der Waals surface area (Å²) in [6, 6.07) is 0.731. The average molecular weight is 544 g/mol. The fourth-order valence-corrected chi connectivity index (χ4v) is 3.88. The number of likely N-dealkylation sites (tertiary alicyclic amines) is 1. The highest BCUT2D eigenvalue weighted by atomic mass is 79.9. The normalized spacial score (nSPS) is 17.1. The van der Waals surface area contributed by atoms with Crippen molar-refractivity contribution >= 4 is 50.3 Å². The van der Waals surface area contributed by atoms with Gasteiger partial charge in [-0.25, -0.2) is 14.2 Å². The first-order valence-electron chi connectivity index (χ1n) is 9.48. The van der Waals surface area contributed by atoms with Crippen LogP contribution in [-0.4, -0.2) is 59.1 Å². The molecular formula is C19H20BrClF4N4O3. The van der Waals surface area contributed by atoms with Crippen molar-refractivity contribution in [2.24, 2.45) is 0 Å². The molecule has 1 aromatic heterocycles. The number of aromatic nitrogens is 2. The topological polar surface area (TPSA) is 67.8 Å². The van der Waals surface area contributed by atoms with Crippen molar-refractivity contribution < 1.29 is 31.8 Å². The molecule has 32 heavy (non-hydrogen) atoms. The fraction of sp³-hybridized carbons (Fsp3) is 0.526. The van der Waals surface area contributed by atoms with Crippen LogP contribution in [0, 0.1) is 5.82 Å². The number of ether oxygens (including phenoxy) is 2. The van der Waals surface area contributed by atoms with Crippen LogP contribution in [0.4, 0.5) is 28.2 Å². The van der Waals surface area contributed by atoms with Crippen LogP contribution in [0.2, 0.25) is 5.28 Å². The van der Waals surface area contributed by atoms with Crippen molar-refractivity contribution in [2.75, 3.05) is 25.0 Å². The van der Waals surface area contributed by atoms with Gasteiger partial charge in [-0.1, -0.05) is 0 Å². The first kappa shape index (κ1) is 24.6. The minimum atomic E-state index is -5.03. The Labute approximate surface area is 194 Å². The number of hydrogen-bond acceptors (Lipinski definition) is 6. The molecule has 2 aromatic rings. The summed E-state index contributed by atoms with van der Waals surface area (Å²) in [5.41, 5.74) is -0.924. The second-order valence-electron chi connectivity index (χ2n) is 8.24. The van der Waals surface area contributed by atoms with Crippen molar-refractivity contribution in [1.82, 2.24) is 14.9 Å². The minimum Gasteiger partial charge on any atom is -0.444 e. The summed E-state index contributed by atoms with van der Waals surface area (Å²) in [5, 5.41) is -0.302. The molecule has 0 saturated carbocycles. The zero-order chi connectivity index (χ0) is 24.0. The van der Waals surface area contributed by atoms with Gasteiger partial charge < -0.3 is 19.3 Å². The van der Waals surface area contributed by atoms with Crippen molar-refractivity contribution in [3.05, 3.63) is 21.6 Å². The Bertz CT molecular complexity index is 1050. The van der Waals surface area contributed by atoms with Gasteiger partial charge in [0.15, 0.2) is 5.82 Å². The Morgan fingerprint density at radius 2 is 1.97 bits per heavy atom. The molecule has 0 spiro atoms. The number of carbonyl (C=O) groups excluding carboxylic acids is 1. The lowest BCUT2D eigenvalue weighted by Gasteiger charge is -2.28. The van der Waals surface area contributed by atoms with Gasteiger partial charge in [0.2, 0.25) is 5.28 Å². The van der Waals surface area contributed by atoms with E-state index in [0.717, 1.165) is 6.07 Å². The Balaban J connectivity index is 1.96. The number of rotatable bonds is 3. The van der Waals surface area contributed by atoms with Crippen molar-refractivity contribution in [1.29, 1.82) is 0 Å². The molecule has 7 nitrogen and oxygen atoms in total. The molecule has 1 amide bonds. The molecule has 176 valence electrons. The van der Waals surface area contributed by atoms with Crippen molar-refractivity contribution in [3.8, 4) is 5.75 Å². The van der Waals surface area contributed by atoms with Crippen molar-refractivity contribution in [2.45, 2.75) is 45.2 Å². The van der Waals surface area contributed by atoms with Gasteiger partial charge in [0, 0.05) is 31.6 Å². The number of carbonyl (C=O) groups is 1. The van der Waals surface area contributed by atoms with Crippen LogP contribution in [0.15, 0.2) is 10.5 Å². The highest BCUT2D eigenvalue weighted by Crippen LogP contribution is 2.40. The smallest absolute Gasteiger partial charge is 0.444 e. The number of nitrogens with zero attached hydrogens (tertiary/aromatic N) is 4. The number of hydrogen-bond donors (Lipinski definition) is 0. The first-order chi connectivity index (χ1) is 14.7. The van der Waals surface area contributed by atoms with Gasteiger partial charge in [0.1, 0.15) is 22.7 Å². The highest BCUT2D eigenvalue weighted by Gasteiger charge is 2.35. The number of amides is 1. The molecule has 0 radical (unpaired) electrons. The predicted octanol–water partition coefficient (Wildman–Crippen LogP) is 5.53. The summed E-state index contributed by atoms with van der Waals surface area (Å²) in [7, 11) is 1.63. The number of benzene rings is 1.